The third-order valence-corrected chi connectivity index (χ3v) is 7.25. The van der Waals surface area contributed by atoms with Crippen LogP contribution < -0.4 is 0 Å². The molecule has 2 aromatic carbocycles. The van der Waals surface area contributed by atoms with E-state index in [-0.39, 0.29) is 11.5 Å². The number of nitrogens with zero attached hydrogens (tertiary/aromatic N) is 3. The van der Waals surface area contributed by atoms with Gasteiger partial charge in [0.1, 0.15) is 12.4 Å². The van der Waals surface area contributed by atoms with Crippen LogP contribution in [0.5, 0.6) is 0 Å². The van der Waals surface area contributed by atoms with E-state index in [1.54, 1.807) is 36.4 Å². The first-order valence-electron chi connectivity index (χ1n) is 9.90. The minimum Gasteiger partial charge on any atom is -0.454 e. The lowest BCUT2D eigenvalue weighted by Crippen LogP contribution is -2.40. The molecule has 0 radical (unpaired) electrons. The van der Waals surface area contributed by atoms with Gasteiger partial charge in [0.05, 0.1) is 34.7 Å². The molecular weight excluding hydrogens is 442 g/mol. The molecule has 3 aromatic rings. The van der Waals surface area contributed by atoms with Gasteiger partial charge in [-0.1, -0.05) is 17.7 Å². The highest BCUT2D eigenvalue weighted by atomic mass is 35.5. The predicted octanol–water partition coefficient (Wildman–Crippen LogP) is 3.09. The van der Waals surface area contributed by atoms with Crippen LogP contribution in [0.4, 0.5) is 0 Å². The minimum absolute atomic E-state index is 0.0422. The molecule has 4 rings (SSSR count). The Labute approximate surface area is 185 Å². The SMILES string of the molecule is CCn1c(COC(=O)c2cccc(Cl)c2)nc2cc(S(=O)(=O)N3CCOCC3)ccc21. The number of ether oxygens (including phenoxy) is 2. The summed E-state index contributed by atoms with van der Waals surface area (Å²) in [5, 5.41) is 0.448. The summed E-state index contributed by atoms with van der Waals surface area (Å²) < 4.78 is 39.9. The van der Waals surface area contributed by atoms with Crippen molar-refractivity contribution in [2.24, 2.45) is 0 Å². The molecule has 10 heteroatoms. The average molecular weight is 464 g/mol. The molecule has 0 unspecified atom stereocenters. The van der Waals surface area contributed by atoms with E-state index in [4.69, 9.17) is 21.1 Å². The molecule has 8 nitrogen and oxygen atoms in total. The van der Waals surface area contributed by atoms with Crippen molar-refractivity contribution in [1.29, 1.82) is 0 Å². The molecule has 1 aliphatic rings. The summed E-state index contributed by atoms with van der Waals surface area (Å²) >= 11 is 5.93. The molecule has 31 heavy (non-hydrogen) atoms. The minimum atomic E-state index is -3.62. The third-order valence-electron chi connectivity index (χ3n) is 5.12. The lowest BCUT2D eigenvalue weighted by atomic mass is 10.2. The van der Waals surface area contributed by atoms with E-state index >= 15 is 0 Å². The van der Waals surface area contributed by atoms with Gasteiger partial charge in [0, 0.05) is 24.7 Å². The Morgan fingerprint density at radius 3 is 2.68 bits per heavy atom. The molecule has 0 amide bonds. The number of hydrogen-bond donors (Lipinski definition) is 0. The van der Waals surface area contributed by atoms with E-state index in [1.165, 1.54) is 10.4 Å². The number of rotatable bonds is 6. The van der Waals surface area contributed by atoms with Gasteiger partial charge in [-0.05, 0) is 43.3 Å². The number of imidazole rings is 1. The fraction of sp³-hybridized carbons (Fsp3) is 0.333. The van der Waals surface area contributed by atoms with Crippen molar-refractivity contribution in [3.63, 3.8) is 0 Å². The molecule has 1 fully saturated rings. The number of morpholine rings is 1. The maximum atomic E-state index is 12.9. The van der Waals surface area contributed by atoms with Crippen molar-refractivity contribution in [2.45, 2.75) is 25.0 Å². The second-order valence-electron chi connectivity index (χ2n) is 7.03. The van der Waals surface area contributed by atoms with Crippen molar-refractivity contribution in [2.75, 3.05) is 26.3 Å². The smallest absolute Gasteiger partial charge is 0.338 e. The molecule has 2 heterocycles. The van der Waals surface area contributed by atoms with Gasteiger partial charge < -0.3 is 14.0 Å². The Morgan fingerprint density at radius 1 is 1.19 bits per heavy atom. The van der Waals surface area contributed by atoms with Crippen molar-refractivity contribution >= 4 is 38.6 Å². The summed E-state index contributed by atoms with van der Waals surface area (Å²) in [4.78, 5) is 17.1. The monoisotopic (exact) mass is 463 g/mol. The highest BCUT2D eigenvalue weighted by Crippen LogP contribution is 2.24. The number of carbonyl (C=O) groups excluding carboxylic acids is 1. The molecular formula is C21H22ClN3O5S. The summed E-state index contributed by atoms with van der Waals surface area (Å²) in [6, 6.07) is 11.4. The van der Waals surface area contributed by atoms with Gasteiger partial charge in [-0.15, -0.1) is 0 Å². The molecule has 0 spiro atoms. The summed E-state index contributed by atoms with van der Waals surface area (Å²) in [5.74, 6) is 0.0293. The van der Waals surface area contributed by atoms with E-state index in [2.05, 4.69) is 4.98 Å². The molecule has 0 saturated carbocycles. The van der Waals surface area contributed by atoms with Crippen LogP contribution in [0.25, 0.3) is 11.0 Å². The fourth-order valence-corrected chi connectivity index (χ4v) is 5.17. The number of benzene rings is 2. The number of fused-ring (bicyclic) bond motifs is 1. The van der Waals surface area contributed by atoms with Crippen LogP contribution >= 0.6 is 11.6 Å². The summed E-state index contributed by atoms with van der Waals surface area (Å²) in [5.41, 5.74) is 1.66. The maximum absolute atomic E-state index is 12.9. The van der Waals surface area contributed by atoms with Crippen LogP contribution in [0.3, 0.4) is 0 Å². The Morgan fingerprint density at radius 2 is 1.97 bits per heavy atom. The van der Waals surface area contributed by atoms with E-state index in [0.717, 1.165) is 5.52 Å². The van der Waals surface area contributed by atoms with Crippen molar-refractivity contribution in [3.8, 4) is 0 Å². The molecule has 1 aliphatic heterocycles. The number of halogens is 1. The van der Waals surface area contributed by atoms with E-state index in [0.29, 0.717) is 54.8 Å². The number of sulfonamides is 1. The van der Waals surface area contributed by atoms with Crippen molar-refractivity contribution in [1.82, 2.24) is 13.9 Å². The van der Waals surface area contributed by atoms with Crippen LogP contribution in [0.1, 0.15) is 23.1 Å². The zero-order valence-electron chi connectivity index (χ0n) is 17.0. The Kier molecular flexibility index (Phi) is 6.29. The normalized spacial score (nSPS) is 15.3. The molecule has 164 valence electrons. The largest absolute Gasteiger partial charge is 0.454 e. The fourth-order valence-electron chi connectivity index (χ4n) is 3.55. The van der Waals surface area contributed by atoms with Gasteiger partial charge in [-0.2, -0.15) is 4.31 Å². The second-order valence-corrected chi connectivity index (χ2v) is 9.40. The predicted molar refractivity (Wildman–Crippen MR) is 116 cm³/mol. The Hall–Kier alpha value is -2.46. The topological polar surface area (TPSA) is 90.7 Å². The van der Waals surface area contributed by atoms with Gasteiger partial charge in [0.25, 0.3) is 0 Å². The highest BCUT2D eigenvalue weighted by molar-refractivity contribution is 7.89. The zero-order chi connectivity index (χ0) is 22.0. The van der Waals surface area contributed by atoms with Crippen molar-refractivity contribution < 1.29 is 22.7 Å². The van der Waals surface area contributed by atoms with Crippen LogP contribution in [-0.4, -0.2) is 54.5 Å². The quantitative estimate of drug-likeness (QED) is 0.522. The van der Waals surface area contributed by atoms with Crippen molar-refractivity contribution in [3.05, 3.63) is 58.9 Å². The van der Waals surface area contributed by atoms with E-state index < -0.39 is 16.0 Å². The number of aromatic nitrogens is 2. The lowest BCUT2D eigenvalue weighted by molar-refractivity contribution is 0.0458. The van der Waals surface area contributed by atoms with Gasteiger partial charge in [0.2, 0.25) is 10.0 Å². The van der Waals surface area contributed by atoms with Crippen LogP contribution in [0, 0.1) is 0 Å². The number of aryl methyl sites for hydroxylation is 1. The molecule has 0 N–H and O–H groups in total. The van der Waals surface area contributed by atoms with Gasteiger partial charge in [0.15, 0.2) is 0 Å². The van der Waals surface area contributed by atoms with Crippen LogP contribution in [0.2, 0.25) is 5.02 Å². The molecule has 0 atom stereocenters. The molecule has 0 aliphatic carbocycles. The van der Waals surface area contributed by atoms with E-state index in [9.17, 15) is 13.2 Å². The van der Waals surface area contributed by atoms with Crippen LogP contribution in [-0.2, 0) is 32.6 Å². The average Bonchev–Trinajstić information content (AvgIpc) is 3.14. The number of carbonyl (C=O) groups is 1. The van der Waals surface area contributed by atoms with Gasteiger partial charge >= 0.3 is 5.97 Å². The molecule has 1 aromatic heterocycles. The van der Waals surface area contributed by atoms with Crippen LogP contribution in [0.15, 0.2) is 47.4 Å². The Balaban J connectivity index is 1.59. The molecule has 1 saturated heterocycles. The zero-order valence-corrected chi connectivity index (χ0v) is 18.5. The number of esters is 1. The Bertz CT molecular complexity index is 1220. The second kappa shape index (κ2) is 8.96. The highest BCUT2D eigenvalue weighted by Gasteiger charge is 2.27. The summed E-state index contributed by atoms with van der Waals surface area (Å²) in [6.07, 6.45) is 0. The molecule has 0 bridgehead atoms. The number of hydrogen-bond acceptors (Lipinski definition) is 6. The third kappa shape index (κ3) is 4.45. The summed E-state index contributed by atoms with van der Waals surface area (Å²) in [6.45, 7) is 3.92. The first-order chi connectivity index (χ1) is 14.9. The maximum Gasteiger partial charge on any atom is 0.338 e. The van der Waals surface area contributed by atoms with Gasteiger partial charge in [-0.3, -0.25) is 0 Å². The summed E-state index contributed by atoms with van der Waals surface area (Å²) in [7, 11) is -3.62. The first kappa shape index (κ1) is 21.8. The van der Waals surface area contributed by atoms with Gasteiger partial charge in [-0.25, -0.2) is 18.2 Å². The van der Waals surface area contributed by atoms with E-state index in [1.807, 2.05) is 11.5 Å². The standard InChI is InChI=1S/C21H22ClN3O5S/c1-2-25-19-7-6-17(31(27,28)24-8-10-29-11-9-24)13-18(19)23-20(25)14-30-21(26)15-4-3-5-16(22)12-15/h3-7,12-13H,2,8-11,14H2,1H3. The first-order valence-corrected chi connectivity index (χ1v) is 11.7. The lowest BCUT2D eigenvalue weighted by Gasteiger charge is -2.26.